The summed E-state index contributed by atoms with van der Waals surface area (Å²) in [6, 6.07) is 6.64. The number of hydrogen-bond acceptors (Lipinski definition) is 3. The van der Waals surface area contributed by atoms with Gasteiger partial charge >= 0.3 is 0 Å². The van der Waals surface area contributed by atoms with Crippen LogP contribution in [0.1, 0.15) is 30.7 Å². The average Bonchev–Trinajstić information content (AvgIpc) is 2.99. The molecule has 98 valence electrons. The van der Waals surface area contributed by atoms with Crippen LogP contribution in [-0.2, 0) is 19.4 Å². The van der Waals surface area contributed by atoms with E-state index in [1.54, 1.807) is 0 Å². The SMILES string of the molecule is c1cc2c(cc1-c1nnc3n1CCCCC3)NCC2. The van der Waals surface area contributed by atoms with Crippen LogP contribution < -0.4 is 5.32 Å². The maximum absolute atomic E-state index is 4.42. The first-order valence-electron chi connectivity index (χ1n) is 7.21. The van der Waals surface area contributed by atoms with Crippen molar-refractivity contribution >= 4 is 5.69 Å². The molecule has 0 bridgehead atoms. The van der Waals surface area contributed by atoms with Crippen molar-refractivity contribution in [3.63, 3.8) is 0 Å². The first-order valence-corrected chi connectivity index (χ1v) is 7.21. The number of fused-ring (bicyclic) bond motifs is 2. The summed E-state index contributed by atoms with van der Waals surface area (Å²) in [6.07, 6.45) is 5.98. The van der Waals surface area contributed by atoms with Crippen LogP contribution in [0.4, 0.5) is 5.69 Å². The molecule has 1 aromatic carbocycles. The Labute approximate surface area is 112 Å². The number of aromatic nitrogens is 3. The lowest BCUT2D eigenvalue weighted by molar-refractivity contribution is 0.636. The third kappa shape index (κ3) is 1.82. The molecule has 0 amide bonds. The van der Waals surface area contributed by atoms with Crippen LogP contribution >= 0.6 is 0 Å². The van der Waals surface area contributed by atoms with Gasteiger partial charge in [0, 0.05) is 30.8 Å². The number of nitrogens with one attached hydrogen (secondary N) is 1. The fraction of sp³-hybridized carbons (Fsp3) is 0.467. The van der Waals surface area contributed by atoms with E-state index in [0.29, 0.717) is 0 Å². The van der Waals surface area contributed by atoms with E-state index in [1.807, 2.05) is 0 Å². The maximum atomic E-state index is 4.42. The van der Waals surface area contributed by atoms with Gasteiger partial charge in [0.15, 0.2) is 5.82 Å². The zero-order valence-electron chi connectivity index (χ0n) is 11.0. The summed E-state index contributed by atoms with van der Waals surface area (Å²) in [5.74, 6) is 2.19. The second-order valence-corrected chi connectivity index (χ2v) is 5.45. The third-order valence-corrected chi connectivity index (χ3v) is 4.19. The molecule has 0 aliphatic carbocycles. The molecule has 0 unspecified atom stereocenters. The number of anilines is 1. The molecule has 0 saturated carbocycles. The highest BCUT2D eigenvalue weighted by molar-refractivity contribution is 5.67. The molecule has 1 aromatic heterocycles. The summed E-state index contributed by atoms with van der Waals surface area (Å²) >= 11 is 0. The van der Waals surface area contributed by atoms with E-state index in [-0.39, 0.29) is 0 Å². The monoisotopic (exact) mass is 254 g/mol. The Kier molecular flexibility index (Phi) is 2.53. The van der Waals surface area contributed by atoms with Gasteiger partial charge < -0.3 is 9.88 Å². The second kappa shape index (κ2) is 4.37. The average molecular weight is 254 g/mol. The lowest BCUT2D eigenvalue weighted by Crippen LogP contribution is -2.03. The Hall–Kier alpha value is -1.84. The molecule has 0 spiro atoms. The fourth-order valence-electron chi connectivity index (χ4n) is 3.13. The highest BCUT2D eigenvalue weighted by Gasteiger charge is 2.18. The molecule has 0 fully saturated rings. The third-order valence-electron chi connectivity index (χ3n) is 4.19. The number of benzene rings is 1. The zero-order chi connectivity index (χ0) is 12.7. The van der Waals surface area contributed by atoms with Crippen molar-refractivity contribution in [1.29, 1.82) is 0 Å². The Bertz CT molecular complexity index is 615. The maximum Gasteiger partial charge on any atom is 0.164 e. The molecule has 0 atom stereocenters. The Morgan fingerprint density at radius 2 is 2.05 bits per heavy atom. The van der Waals surface area contributed by atoms with Gasteiger partial charge in [-0.25, -0.2) is 0 Å². The molecule has 0 saturated heterocycles. The predicted octanol–water partition coefficient (Wildman–Crippen LogP) is 2.64. The van der Waals surface area contributed by atoms with Crippen LogP contribution in [0.15, 0.2) is 18.2 Å². The minimum absolute atomic E-state index is 1.04. The van der Waals surface area contributed by atoms with Crippen LogP contribution in [-0.4, -0.2) is 21.3 Å². The smallest absolute Gasteiger partial charge is 0.164 e. The molecule has 2 aliphatic rings. The van der Waals surface area contributed by atoms with E-state index in [1.165, 1.54) is 36.1 Å². The van der Waals surface area contributed by atoms with Gasteiger partial charge in [0.05, 0.1) is 0 Å². The van der Waals surface area contributed by atoms with Crippen molar-refractivity contribution in [2.75, 3.05) is 11.9 Å². The van der Waals surface area contributed by atoms with Crippen molar-refractivity contribution in [2.45, 2.75) is 38.6 Å². The quantitative estimate of drug-likeness (QED) is 0.850. The van der Waals surface area contributed by atoms with Crippen molar-refractivity contribution in [2.24, 2.45) is 0 Å². The summed E-state index contributed by atoms with van der Waals surface area (Å²) in [6.45, 7) is 2.11. The first-order chi connectivity index (χ1) is 9.42. The summed E-state index contributed by atoms with van der Waals surface area (Å²) in [7, 11) is 0. The summed E-state index contributed by atoms with van der Waals surface area (Å²) in [5.41, 5.74) is 3.87. The van der Waals surface area contributed by atoms with Crippen molar-refractivity contribution in [3.8, 4) is 11.4 Å². The minimum Gasteiger partial charge on any atom is -0.384 e. The molecule has 3 heterocycles. The van der Waals surface area contributed by atoms with Crippen LogP contribution in [0.5, 0.6) is 0 Å². The lowest BCUT2D eigenvalue weighted by Gasteiger charge is -2.08. The molecule has 1 N–H and O–H groups in total. The normalized spacial score (nSPS) is 17.5. The number of aryl methyl sites for hydroxylation is 1. The molecule has 4 nitrogen and oxygen atoms in total. The molecule has 2 aliphatic heterocycles. The molecule has 4 heteroatoms. The largest absolute Gasteiger partial charge is 0.384 e. The lowest BCUT2D eigenvalue weighted by atomic mass is 10.1. The van der Waals surface area contributed by atoms with Crippen molar-refractivity contribution in [3.05, 3.63) is 29.6 Å². The zero-order valence-corrected chi connectivity index (χ0v) is 11.0. The van der Waals surface area contributed by atoms with Gasteiger partial charge in [0.2, 0.25) is 0 Å². The van der Waals surface area contributed by atoms with Crippen LogP contribution in [0.3, 0.4) is 0 Å². The number of nitrogens with zero attached hydrogens (tertiary/aromatic N) is 3. The van der Waals surface area contributed by atoms with E-state index in [0.717, 1.165) is 37.6 Å². The van der Waals surface area contributed by atoms with E-state index in [4.69, 9.17) is 0 Å². The molecule has 0 radical (unpaired) electrons. The van der Waals surface area contributed by atoms with Gasteiger partial charge in [-0.05, 0) is 30.9 Å². The minimum atomic E-state index is 1.04. The number of hydrogen-bond donors (Lipinski definition) is 1. The van der Waals surface area contributed by atoms with Crippen molar-refractivity contribution in [1.82, 2.24) is 14.8 Å². The second-order valence-electron chi connectivity index (χ2n) is 5.45. The van der Waals surface area contributed by atoms with Gasteiger partial charge in [-0.15, -0.1) is 10.2 Å². The van der Waals surface area contributed by atoms with Crippen LogP contribution in [0.2, 0.25) is 0 Å². The van der Waals surface area contributed by atoms with Crippen LogP contribution in [0.25, 0.3) is 11.4 Å². The van der Waals surface area contributed by atoms with Gasteiger partial charge in [-0.1, -0.05) is 18.6 Å². The predicted molar refractivity (Wildman–Crippen MR) is 75.2 cm³/mol. The van der Waals surface area contributed by atoms with E-state index >= 15 is 0 Å². The molecule has 2 aromatic rings. The summed E-state index contributed by atoms with van der Waals surface area (Å²) in [4.78, 5) is 0. The van der Waals surface area contributed by atoms with Gasteiger partial charge in [-0.3, -0.25) is 0 Å². The highest BCUT2D eigenvalue weighted by atomic mass is 15.3. The van der Waals surface area contributed by atoms with Gasteiger partial charge in [-0.2, -0.15) is 0 Å². The van der Waals surface area contributed by atoms with E-state index in [2.05, 4.69) is 38.3 Å². The van der Waals surface area contributed by atoms with Crippen LogP contribution in [0, 0.1) is 0 Å². The molecule has 4 rings (SSSR count). The van der Waals surface area contributed by atoms with Gasteiger partial charge in [0.1, 0.15) is 5.82 Å². The Balaban J connectivity index is 1.78. The Morgan fingerprint density at radius 3 is 3.05 bits per heavy atom. The van der Waals surface area contributed by atoms with Gasteiger partial charge in [0.25, 0.3) is 0 Å². The molecule has 19 heavy (non-hydrogen) atoms. The number of rotatable bonds is 1. The Morgan fingerprint density at radius 1 is 1.05 bits per heavy atom. The molecular weight excluding hydrogens is 236 g/mol. The standard InChI is InChI=1S/C15H18N4/c1-2-4-14-17-18-15(19(14)9-3-1)12-6-5-11-7-8-16-13(11)10-12/h5-6,10,16H,1-4,7-9H2. The summed E-state index contributed by atoms with van der Waals surface area (Å²) in [5, 5.41) is 12.2. The van der Waals surface area contributed by atoms with E-state index in [9.17, 15) is 0 Å². The van der Waals surface area contributed by atoms with E-state index < -0.39 is 0 Å². The summed E-state index contributed by atoms with van der Waals surface area (Å²) < 4.78 is 2.31. The first kappa shape index (κ1) is 11.0. The molecular formula is C15H18N4. The highest BCUT2D eigenvalue weighted by Crippen LogP contribution is 2.29. The fourth-order valence-corrected chi connectivity index (χ4v) is 3.13. The van der Waals surface area contributed by atoms with Crippen molar-refractivity contribution < 1.29 is 0 Å². The topological polar surface area (TPSA) is 42.7 Å².